The lowest BCUT2D eigenvalue weighted by Gasteiger charge is -2.14. The Bertz CT molecular complexity index is 564. The maximum atomic E-state index is 5.92. The first kappa shape index (κ1) is 15.3. The van der Waals surface area contributed by atoms with E-state index in [0.29, 0.717) is 0 Å². The predicted molar refractivity (Wildman–Crippen MR) is 90.7 cm³/mol. The van der Waals surface area contributed by atoms with Crippen molar-refractivity contribution in [3.05, 3.63) is 48.2 Å². The highest BCUT2D eigenvalue weighted by Gasteiger charge is 2.21. The van der Waals surface area contributed by atoms with E-state index in [1.54, 1.807) is 0 Å². The van der Waals surface area contributed by atoms with Crippen LogP contribution >= 0.6 is 0 Å². The second-order valence-corrected chi connectivity index (χ2v) is 6.22. The molecule has 1 aromatic heterocycles. The number of nitrogens with zero attached hydrogens (tertiary/aromatic N) is 1. The minimum absolute atomic E-state index is 0.787. The molecule has 118 valence electrons. The number of hydrogen-bond donors (Lipinski definition) is 1. The largest absolute Gasteiger partial charge is 0.460 e. The number of likely N-dealkylation sites (tertiary alicyclic amines) is 1. The van der Waals surface area contributed by atoms with Crippen molar-refractivity contribution in [3.8, 4) is 11.3 Å². The molecule has 2 heterocycles. The van der Waals surface area contributed by atoms with Crippen LogP contribution in [0.4, 0.5) is 0 Å². The summed E-state index contributed by atoms with van der Waals surface area (Å²) in [6, 6.07) is 14.4. The standard InChI is InChI=1S/C19H26N2O/c1-2-11-21-12-10-16(15-21)13-20-14-18-8-9-19(22-18)17-6-4-3-5-7-17/h3-9,16,20H,2,10-15H2,1H3. The molecule has 1 aliphatic heterocycles. The van der Waals surface area contributed by atoms with Crippen molar-refractivity contribution >= 4 is 0 Å². The van der Waals surface area contributed by atoms with Crippen LogP contribution in [0.25, 0.3) is 11.3 Å². The summed E-state index contributed by atoms with van der Waals surface area (Å²) in [5.74, 6) is 2.75. The number of benzene rings is 1. The van der Waals surface area contributed by atoms with Gasteiger partial charge >= 0.3 is 0 Å². The molecule has 0 spiro atoms. The van der Waals surface area contributed by atoms with Crippen LogP contribution < -0.4 is 5.32 Å². The Hall–Kier alpha value is -1.58. The van der Waals surface area contributed by atoms with Crippen molar-refractivity contribution in [1.82, 2.24) is 10.2 Å². The van der Waals surface area contributed by atoms with Crippen LogP contribution in [-0.2, 0) is 6.54 Å². The molecule has 3 rings (SSSR count). The third-order valence-electron chi connectivity index (χ3n) is 4.36. The van der Waals surface area contributed by atoms with Gasteiger partial charge in [-0.3, -0.25) is 0 Å². The molecule has 0 saturated carbocycles. The van der Waals surface area contributed by atoms with E-state index in [-0.39, 0.29) is 0 Å². The number of hydrogen-bond acceptors (Lipinski definition) is 3. The zero-order valence-electron chi connectivity index (χ0n) is 13.4. The molecule has 3 heteroatoms. The fourth-order valence-corrected chi connectivity index (χ4v) is 3.23. The zero-order valence-corrected chi connectivity index (χ0v) is 13.4. The van der Waals surface area contributed by atoms with Crippen molar-refractivity contribution in [2.45, 2.75) is 26.3 Å². The molecular weight excluding hydrogens is 272 g/mol. The van der Waals surface area contributed by atoms with Crippen molar-refractivity contribution in [3.63, 3.8) is 0 Å². The molecular formula is C19H26N2O. The van der Waals surface area contributed by atoms with Crippen LogP contribution in [0.15, 0.2) is 46.9 Å². The summed E-state index contributed by atoms with van der Waals surface area (Å²) in [5, 5.41) is 3.55. The van der Waals surface area contributed by atoms with E-state index in [1.807, 2.05) is 18.2 Å². The highest BCUT2D eigenvalue weighted by atomic mass is 16.3. The van der Waals surface area contributed by atoms with Gasteiger partial charge in [-0.25, -0.2) is 0 Å². The summed E-state index contributed by atoms with van der Waals surface area (Å²) in [6.45, 7) is 7.91. The normalized spacial score (nSPS) is 18.9. The predicted octanol–water partition coefficient (Wildman–Crippen LogP) is 3.77. The van der Waals surface area contributed by atoms with Gasteiger partial charge < -0.3 is 14.6 Å². The van der Waals surface area contributed by atoms with Gasteiger partial charge in [0.2, 0.25) is 0 Å². The summed E-state index contributed by atoms with van der Waals surface area (Å²) < 4.78 is 5.92. The smallest absolute Gasteiger partial charge is 0.134 e. The molecule has 22 heavy (non-hydrogen) atoms. The molecule has 1 saturated heterocycles. The fraction of sp³-hybridized carbons (Fsp3) is 0.474. The Morgan fingerprint density at radius 2 is 2.05 bits per heavy atom. The van der Waals surface area contributed by atoms with E-state index < -0.39 is 0 Å². The maximum absolute atomic E-state index is 5.92. The second kappa shape index (κ2) is 7.61. The first-order chi connectivity index (χ1) is 10.8. The quantitative estimate of drug-likeness (QED) is 0.843. The van der Waals surface area contributed by atoms with Gasteiger partial charge in [-0.1, -0.05) is 37.3 Å². The van der Waals surface area contributed by atoms with Crippen molar-refractivity contribution < 1.29 is 4.42 Å². The monoisotopic (exact) mass is 298 g/mol. The van der Waals surface area contributed by atoms with E-state index in [2.05, 4.69) is 41.4 Å². The maximum Gasteiger partial charge on any atom is 0.134 e. The Kier molecular flexibility index (Phi) is 5.30. The molecule has 0 radical (unpaired) electrons. The summed E-state index contributed by atoms with van der Waals surface area (Å²) in [4.78, 5) is 2.58. The molecule has 3 nitrogen and oxygen atoms in total. The van der Waals surface area contributed by atoms with E-state index in [1.165, 1.54) is 32.5 Å². The van der Waals surface area contributed by atoms with Gasteiger partial charge in [0, 0.05) is 12.1 Å². The third-order valence-corrected chi connectivity index (χ3v) is 4.36. The van der Waals surface area contributed by atoms with E-state index in [0.717, 1.165) is 36.1 Å². The summed E-state index contributed by atoms with van der Waals surface area (Å²) >= 11 is 0. The fourth-order valence-electron chi connectivity index (χ4n) is 3.23. The van der Waals surface area contributed by atoms with E-state index in [4.69, 9.17) is 4.42 Å². The first-order valence-corrected chi connectivity index (χ1v) is 8.42. The summed E-state index contributed by atoms with van der Waals surface area (Å²) in [7, 11) is 0. The minimum Gasteiger partial charge on any atom is -0.460 e. The lowest BCUT2D eigenvalue weighted by atomic mass is 10.1. The van der Waals surface area contributed by atoms with Crippen molar-refractivity contribution in [1.29, 1.82) is 0 Å². The van der Waals surface area contributed by atoms with Gasteiger partial charge in [0.25, 0.3) is 0 Å². The molecule has 1 unspecified atom stereocenters. The average Bonchev–Trinajstić information content (AvgIpc) is 3.19. The molecule has 2 aromatic rings. The van der Waals surface area contributed by atoms with Crippen LogP contribution in [0.1, 0.15) is 25.5 Å². The summed E-state index contributed by atoms with van der Waals surface area (Å²) in [6.07, 6.45) is 2.58. The highest BCUT2D eigenvalue weighted by Crippen LogP contribution is 2.22. The van der Waals surface area contributed by atoms with Gasteiger partial charge in [0.05, 0.1) is 6.54 Å². The van der Waals surface area contributed by atoms with E-state index >= 15 is 0 Å². The number of rotatable bonds is 7. The highest BCUT2D eigenvalue weighted by molar-refractivity contribution is 5.57. The Morgan fingerprint density at radius 1 is 1.18 bits per heavy atom. The Labute approximate surface area is 133 Å². The molecule has 1 N–H and O–H groups in total. The topological polar surface area (TPSA) is 28.4 Å². The molecule has 0 amide bonds. The third kappa shape index (κ3) is 3.99. The van der Waals surface area contributed by atoms with E-state index in [9.17, 15) is 0 Å². The lowest BCUT2D eigenvalue weighted by molar-refractivity contribution is 0.321. The Balaban J connectivity index is 1.44. The van der Waals surface area contributed by atoms with Gasteiger partial charge in [0.1, 0.15) is 11.5 Å². The van der Waals surface area contributed by atoms with Crippen LogP contribution in [0, 0.1) is 5.92 Å². The van der Waals surface area contributed by atoms with Crippen LogP contribution in [0.2, 0.25) is 0 Å². The van der Waals surface area contributed by atoms with Crippen molar-refractivity contribution in [2.75, 3.05) is 26.2 Å². The SMILES string of the molecule is CCCN1CCC(CNCc2ccc(-c3ccccc3)o2)C1. The number of furan rings is 1. The minimum atomic E-state index is 0.787. The van der Waals surface area contributed by atoms with Gasteiger partial charge in [0.15, 0.2) is 0 Å². The summed E-state index contributed by atoms with van der Waals surface area (Å²) in [5.41, 5.74) is 1.14. The number of nitrogens with one attached hydrogen (secondary N) is 1. The Morgan fingerprint density at radius 3 is 2.86 bits per heavy atom. The van der Waals surface area contributed by atoms with Crippen LogP contribution in [0.3, 0.4) is 0 Å². The average molecular weight is 298 g/mol. The van der Waals surface area contributed by atoms with Crippen LogP contribution in [0.5, 0.6) is 0 Å². The zero-order chi connectivity index (χ0) is 15.2. The lowest BCUT2D eigenvalue weighted by Crippen LogP contribution is -2.26. The molecule has 1 aromatic carbocycles. The second-order valence-electron chi connectivity index (χ2n) is 6.22. The molecule has 0 bridgehead atoms. The van der Waals surface area contributed by atoms with Gasteiger partial charge in [-0.05, 0) is 50.5 Å². The first-order valence-electron chi connectivity index (χ1n) is 8.42. The van der Waals surface area contributed by atoms with Gasteiger partial charge in [-0.2, -0.15) is 0 Å². The molecule has 1 aliphatic rings. The van der Waals surface area contributed by atoms with Crippen molar-refractivity contribution in [2.24, 2.45) is 5.92 Å². The molecule has 1 fully saturated rings. The molecule has 1 atom stereocenters. The molecule has 0 aliphatic carbocycles. The van der Waals surface area contributed by atoms with Gasteiger partial charge in [-0.15, -0.1) is 0 Å². The van der Waals surface area contributed by atoms with Crippen LogP contribution in [-0.4, -0.2) is 31.1 Å².